The molecule has 0 aromatic carbocycles. The number of amides is 1. The van der Waals surface area contributed by atoms with Gasteiger partial charge in [0.2, 0.25) is 0 Å². The Bertz CT molecular complexity index is 328. The van der Waals surface area contributed by atoms with Crippen LogP contribution in [-0.2, 0) is 9.53 Å². The van der Waals surface area contributed by atoms with Gasteiger partial charge in [-0.05, 0) is 53.9 Å². The molecule has 112 valence electrons. The molecule has 1 unspecified atom stereocenters. The summed E-state index contributed by atoms with van der Waals surface area (Å²) in [7, 11) is 1.61. The zero-order chi connectivity index (χ0) is 15.1. The SMILES string of the molecule is CCC(C)(OC)C(=O)N1C(C)(C)CC(N)CC1(C)C. The minimum absolute atomic E-state index is 0.0689. The number of ether oxygens (including phenoxy) is 1. The lowest BCUT2D eigenvalue weighted by molar-refractivity contribution is -0.172. The van der Waals surface area contributed by atoms with Gasteiger partial charge in [-0.2, -0.15) is 0 Å². The lowest BCUT2D eigenvalue weighted by Gasteiger charge is -2.56. The van der Waals surface area contributed by atoms with Gasteiger partial charge in [-0.3, -0.25) is 4.79 Å². The number of nitrogens with zero attached hydrogens (tertiary/aromatic N) is 1. The molecule has 4 heteroatoms. The summed E-state index contributed by atoms with van der Waals surface area (Å²) in [5, 5.41) is 0. The summed E-state index contributed by atoms with van der Waals surface area (Å²) in [6.45, 7) is 12.2. The van der Waals surface area contributed by atoms with Crippen LogP contribution in [0.1, 0.15) is 60.8 Å². The number of nitrogens with two attached hydrogens (primary N) is 1. The van der Waals surface area contributed by atoms with Crippen molar-refractivity contribution in [1.82, 2.24) is 4.90 Å². The Morgan fingerprint density at radius 1 is 1.32 bits per heavy atom. The molecule has 1 amide bonds. The third kappa shape index (κ3) is 2.95. The second-order valence-electron chi connectivity index (χ2n) is 7.22. The van der Waals surface area contributed by atoms with Gasteiger partial charge in [0.25, 0.3) is 5.91 Å². The first kappa shape index (κ1) is 16.4. The molecule has 1 aliphatic rings. The molecule has 1 heterocycles. The van der Waals surface area contributed by atoms with Crippen LogP contribution in [0.2, 0.25) is 0 Å². The summed E-state index contributed by atoms with van der Waals surface area (Å²) in [4.78, 5) is 15.0. The van der Waals surface area contributed by atoms with Gasteiger partial charge >= 0.3 is 0 Å². The molecular weight excluding hydrogens is 240 g/mol. The van der Waals surface area contributed by atoms with Crippen LogP contribution >= 0.6 is 0 Å². The molecule has 1 rings (SSSR count). The maximum atomic E-state index is 13.0. The molecule has 0 aromatic rings. The van der Waals surface area contributed by atoms with E-state index in [1.54, 1.807) is 7.11 Å². The van der Waals surface area contributed by atoms with Crippen molar-refractivity contribution >= 4 is 5.91 Å². The smallest absolute Gasteiger partial charge is 0.255 e. The van der Waals surface area contributed by atoms with Crippen molar-refractivity contribution in [1.29, 1.82) is 0 Å². The van der Waals surface area contributed by atoms with Crippen molar-refractivity contribution in [2.45, 2.75) is 83.5 Å². The number of piperidine rings is 1. The largest absolute Gasteiger partial charge is 0.369 e. The third-order valence-electron chi connectivity index (χ3n) is 4.51. The Hall–Kier alpha value is -0.610. The zero-order valence-corrected chi connectivity index (χ0v) is 13.5. The van der Waals surface area contributed by atoms with Gasteiger partial charge in [0.15, 0.2) is 0 Å². The molecule has 0 aromatic heterocycles. The molecule has 0 spiro atoms. The molecule has 0 radical (unpaired) electrons. The van der Waals surface area contributed by atoms with E-state index < -0.39 is 5.60 Å². The fourth-order valence-electron chi connectivity index (χ4n) is 3.53. The standard InChI is InChI=1S/C15H30N2O2/c1-8-15(6,19-7)12(18)17-13(2,3)9-11(16)10-14(17,4)5/h11H,8-10,16H2,1-7H3. The number of hydrogen-bond donors (Lipinski definition) is 1. The van der Waals surface area contributed by atoms with Crippen molar-refractivity contribution in [2.75, 3.05) is 7.11 Å². The number of methoxy groups -OCH3 is 1. The molecule has 1 atom stereocenters. The molecule has 1 fully saturated rings. The molecule has 2 N–H and O–H groups in total. The normalized spacial score (nSPS) is 26.0. The lowest BCUT2D eigenvalue weighted by atomic mass is 9.76. The molecule has 19 heavy (non-hydrogen) atoms. The predicted octanol–water partition coefficient (Wildman–Crippen LogP) is 2.31. The monoisotopic (exact) mass is 270 g/mol. The molecule has 0 saturated carbocycles. The highest BCUT2D eigenvalue weighted by molar-refractivity contribution is 5.86. The molecule has 4 nitrogen and oxygen atoms in total. The van der Waals surface area contributed by atoms with Crippen LogP contribution < -0.4 is 5.73 Å². The van der Waals surface area contributed by atoms with E-state index in [2.05, 4.69) is 27.7 Å². The molecular formula is C15H30N2O2. The zero-order valence-electron chi connectivity index (χ0n) is 13.5. The van der Waals surface area contributed by atoms with Gasteiger partial charge in [-0.15, -0.1) is 0 Å². The first-order valence-corrected chi connectivity index (χ1v) is 7.15. The van der Waals surface area contributed by atoms with Gasteiger partial charge in [0, 0.05) is 24.2 Å². The average Bonchev–Trinajstić information content (AvgIpc) is 2.23. The number of hydrogen-bond acceptors (Lipinski definition) is 3. The van der Waals surface area contributed by atoms with Crippen LogP contribution in [0.3, 0.4) is 0 Å². The van der Waals surface area contributed by atoms with Gasteiger partial charge in [0.1, 0.15) is 5.60 Å². The van der Waals surface area contributed by atoms with Crippen LogP contribution in [0.4, 0.5) is 0 Å². The van der Waals surface area contributed by atoms with E-state index in [-0.39, 0.29) is 23.0 Å². The van der Waals surface area contributed by atoms with E-state index in [0.717, 1.165) is 12.8 Å². The van der Waals surface area contributed by atoms with Crippen molar-refractivity contribution in [2.24, 2.45) is 5.73 Å². The van der Waals surface area contributed by atoms with E-state index in [1.807, 2.05) is 18.7 Å². The highest BCUT2D eigenvalue weighted by Gasteiger charge is 2.51. The highest BCUT2D eigenvalue weighted by atomic mass is 16.5. The maximum absolute atomic E-state index is 13.0. The first-order chi connectivity index (χ1) is 8.50. The van der Waals surface area contributed by atoms with E-state index in [9.17, 15) is 4.79 Å². The van der Waals surface area contributed by atoms with E-state index >= 15 is 0 Å². The minimum Gasteiger partial charge on any atom is -0.369 e. The minimum atomic E-state index is -0.754. The van der Waals surface area contributed by atoms with Crippen LogP contribution in [0.5, 0.6) is 0 Å². The third-order valence-corrected chi connectivity index (χ3v) is 4.51. The topological polar surface area (TPSA) is 55.6 Å². The van der Waals surface area contributed by atoms with Gasteiger partial charge in [0.05, 0.1) is 0 Å². The Morgan fingerprint density at radius 2 is 1.74 bits per heavy atom. The fourth-order valence-corrected chi connectivity index (χ4v) is 3.53. The number of rotatable bonds is 3. The van der Waals surface area contributed by atoms with Gasteiger partial charge in [-0.1, -0.05) is 6.92 Å². The summed E-state index contributed by atoms with van der Waals surface area (Å²) < 4.78 is 5.49. The molecule has 0 bridgehead atoms. The van der Waals surface area contributed by atoms with Crippen LogP contribution in [0, 0.1) is 0 Å². The number of carbonyl (C=O) groups excluding carboxylic acids is 1. The second kappa shape index (κ2) is 5.06. The summed E-state index contributed by atoms with van der Waals surface area (Å²) in [5.41, 5.74) is 4.91. The Kier molecular flexibility index (Phi) is 4.38. The summed E-state index contributed by atoms with van der Waals surface area (Å²) in [5.74, 6) is 0.0689. The van der Waals surface area contributed by atoms with Crippen molar-refractivity contribution < 1.29 is 9.53 Å². The number of carbonyl (C=O) groups is 1. The molecule has 1 aliphatic heterocycles. The highest BCUT2D eigenvalue weighted by Crippen LogP contribution is 2.40. The van der Waals surface area contributed by atoms with Crippen LogP contribution in [0.25, 0.3) is 0 Å². The van der Waals surface area contributed by atoms with Crippen LogP contribution in [-0.4, -0.2) is 40.6 Å². The summed E-state index contributed by atoms with van der Waals surface area (Å²) in [6.07, 6.45) is 2.31. The van der Waals surface area contributed by atoms with Crippen molar-refractivity contribution in [3.63, 3.8) is 0 Å². The average molecular weight is 270 g/mol. The van der Waals surface area contributed by atoms with E-state index in [0.29, 0.717) is 6.42 Å². The summed E-state index contributed by atoms with van der Waals surface area (Å²) in [6, 6.07) is 0.143. The van der Waals surface area contributed by atoms with Gasteiger partial charge in [-0.25, -0.2) is 0 Å². The Labute approximate surface area is 117 Å². The van der Waals surface area contributed by atoms with Crippen LogP contribution in [0.15, 0.2) is 0 Å². The molecule has 1 saturated heterocycles. The maximum Gasteiger partial charge on any atom is 0.255 e. The Morgan fingerprint density at radius 3 is 2.05 bits per heavy atom. The predicted molar refractivity (Wildman–Crippen MR) is 77.9 cm³/mol. The quantitative estimate of drug-likeness (QED) is 0.856. The first-order valence-electron chi connectivity index (χ1n) is 7.15. The number of likely N-dealkylation sites (tertiary alicyclic amines) is 1. The summed E-state index contributed by atoms with van der Waals surface area (Å²) >= 11 is 0. The van der Waals surface area contributed by atoms with Gasteiger partial charge < -0.3 is 15.4 Å². The Balaban J connectivity index is 3.18. The second-order valence-corrected chi connectivity index (χ2v) is 7.22. The molecule has 0 aliphatic carbocycles. The van der Waals surface area contributed by atoms with Crippen molar-refractivity contribution in [3.8, 4) is 0 Å². The fraction of sp³-hybridized carbons (Fsp3) is 0.933. The van der Waals surface area contributed by atoms with E-state index in [4.69, 9.17) is 10.5 Å². The lowest BCUT2D eigenvalue weighted by Crippen LogP contribution is -2.68. The van der Waals surface area contributed by atoms with E-state index in [1.165, 1.54) is 0 Å². The van der Waals surface area contributed by atoms with Crippen molar-refractivity contribution in [3.05, 3.63) is 0 Å².